The van der Waals surface area contributed by atoms with Crippen LogP contribution in [0.25, 0.3) is 0 Å². The molecule has 1 aromatic rings. The molecule has 6 rings (SSSR count). The lowest BCUT2D eigenvalue weighted by atomic mass is 9.43. The van der Waals surface area contributed by atoms with Gasteiger partial charge in [0.05, 0.1) is 23.6 Å². The van der Waals surface area contributed by atoms with Crippen LogP contribution < -0.4 is 10.6 Å². The number of rotatable bonds is 14. The topological polar surface area (TPSA) is 93.7 Å². The van der Waals surface area contributed by atoms with Gasteiger partial charge in [-0.05, 0) is 80.6 Å². The van der Waals surface area contributed by atoms with E-state index in [9.17, 15) is 14.4 Å². The van der Waals surface area contributed by atoms with Gasteiger partial charge >= 0.3 is 7.12 Å². The summed E-state index contributed by atoms with van der Waals surface area (Å²) in [5.41, 5.74) is 1.68. The minimum atomic E-state index is -0.680. The van der Waals surface area contributed by atoms with Crippen LogP contribution >= 0.6 is 0 Å². The maximum Gasteiger partial charge on any atom is 0.481 e. The summed E-state index contributed by atoms with van der Waals surface area (Å²) < 4.78 is 13.3. The van der Waals surface area contributed by atoms with E-state index in [4.69, 9.17) is 9.31 Å². The van der Waals surface area contributed by atoms with Crippen LogP contribution in [0.15, 0.2) is 24.3 Å². The quantitative estimate of drug-likeness (QED) is 0.223. The number of hydrogen-bond acceptors (Lipinski definition) is 5. The molecule has 0 radical (unpaired) electrons. The SMILES string of the molecule is CCCCc1ccc(C(=O)C[C@@H](CNC(=O)C2CC2)C(=O)N[C@@H](CC(C)C)B2O[C@@H]3C[C@@H]4C[C@@H](C4(C)C)[C@]3(C)O2)cc1. The number of unbranched alkanes of at least 4 members (excludes halogenated alkanes) is 1. The predicted octanol–water partition coefficient (Wildman–Crippen LogP) is 5.54. The first-order valence-corrected chi connectivity index (χ1v) is 16.5. The van der Waals surface area contributed by atoms with E-state index < -0.39 is 13.0 Å². The van der Waals surface area contributed by atoms with E-state index in [1.807, 2.05) is 24.3 Å². The van der Waals surface area contributed by atoms with Crippen LogP contribution in [0.2, 0.25) is 0 Å². The molecule has 4 aliphatic carbocycles. The lowest BCUT2D eigenvalue weighted by Crippen LogP contribution is -2.65. The number of carbonyl (C=O) groups is 3. The van der Waals surface area contributed by atoms with E-state index in [0.717, 1.165) is 38.5 Å². The van der Waals surface area contributed by atoms with E-state index in [1.54, 1.807) is 0 Å². The highest BCUT2D eigenvalue weighted by atomic mass is 16.7. The first-order chi connectivity index (χ1) is 19.9. The molecule has 8 heteroatoms. The van der Waals surface area contributed by atoms with Crippen molar-refractivity contribution in [2.45, 2.75) is 117 Å². The van der Waals surface area contributed by atoms with Crippen molar-refractivity contribution < 1.29 is 23.7 Å². The van der Waals surface area contributed by atoms with Gasteiger partial charge in [-0.25, -0.2) is 0 Å². The third-order valence-corrected chi connectivity index (χ3v) is 10.7. The molecule has 2 N–H and O–H groups in total. The fraction of sp³-hybridized carbons (Fsp3) is 0.735. The maximum absolute atomic E-state index is 13.9. The van der Waals surface area contributed by atoms with Gasteiger partial charge in [0.25, 0.3) is 0 Å². The van der Waals surface area contributed by atoms with Gasteiger partial charge in [0.1, 0.15) is 0 Å². The highest BCUT2D eigenvalue weighted by molar-refractivity contribution is 6.47. The second kappa shape index (κ2) is 12.4. The zero-order chi connectivity index (χ0) is 30.2. The first kappa shape index (κ1) is 31.2. The normalized spacial score (nSPS) is 28.9. The summed E-state index contributed by atoms with van der Waals surface area (Å²) in [5, 5.41) is 6.18. The van der Waals surface area contributed by atoms with Gasteiger partial charge < -0.3 is 19.9 Å². The van der Waals surface area contributed by atoms with Crippen molar-refractivity contribution in [3.8, 4) is 0 Å². The highest BCUT2D eigenvalue weighted by Gasteiger charge is 2.68. The van der Waals surface area contributed by atoms with Crippen LogP contribution in [0.5, 0.6) is 0 Å². The van der Waals surface area contributed by atoms with Gasteiger partial charge in [-0.3, -0.25) is 14.4 Å². The second-order valence-electron chi connectivity index (χ2n) is 14.7. The number of ketones is 1. The van der Waals surface area contributed by atoms with Gasteiger partial charge in [-0.15, -0.1) is 0 Å². The molecule has 5 fully saturated rings. The largest absolute Gasteiger partial charge is 0.481 e. The van der Waals surface area contributed by atoms with Crippen molar-refractivity contribution in [2.75, 3.05) is 6.54 Å². The van der Waals surface area contributed by atoms with Crippen molar-refractivity contribution in [2.24, 2.45) is 35.0 Å². The molecular weight excluding hydrogens is 527 g/mol. The van der Waals surface area contributed by atoms with Gasteiger partial charge in [0, 0.05) is 24.4 Å². The van der Waals surface area contributed by atoms with Crippen molar-refractivity contribution in [1.82, 2.24) is 10.6 Å². The molecule has 1 saturated heterocycles. The molecule has 0 aromatic heterocycles. The fourth-order valence-electron chi connectivity index (χ4n) is 7.67. The summed E-state index contributed by atoms with van der Waals surface area (Å²) in [5.74, 6) is 0.0554. The Morgan fingerprint density at radius 2 is 1.79 bits per heavy atom. The Labute approximate surface area is 252 Å². The summed E-state index contributed by atoms with van der Waals surface area (Å²) in [6.45, 7) is 13.4. The number of Topliss-reactive ketones (excluding diaryl/α,β-unsaturated/α-hetero) is 1. The molecule has 6 atom stereocenters. The van der Waals surface area contributed by atoms with E-state index >= 15 is 0 Å². The summed E-state index contributed by atoms with van der Waals surface area (Å²) in [6.07, 6.45) is 7.91. The van der Waals surface area contributed by atoms with E-state index in [0.29, 0.717) is 29.7 Å². The maximum atomic E-state index is 13.9. The Hall–Kier alpha value is -2.19. The molecule has 5 aliphatic rings. The predicted molar refractivity (Wildman–Crippen MR) is 165 cm³/mol. The number of nitrogens with one attached hydrogen (secondary N) is 2. The molecule has 7 nitrogen and oxygen atoms in total. The van der Waals surface area contributed by atoms with Gasteiger partial charge in [0.2, 0.25) is 11.8 Å². The third-order valence-electron chi connectivity index (χ3n) is 10.7. The van der Waals surface area contributed by atoms with Crippen molar-refractivity contribution in [3.63, 3.8) is 0 Å². The monoisotopic (exact) mass is 578 g/mol. The van der Waals surface area contributed by atoms with Crippen LogP contribution in [0.1, 0.15) is 109 Å². The number of benzene rings is 1. The fourth-order valence-corrected chi connectivity index (χ4v) is 7.67. The Kier molecular flexibility index (Phi) is 9.25. The van der Waals surface area contributed by atoms with E-state index in [-0.39, 0.29) is 59.5 Å². The van der Waals surface area contributed by atoms with E-state index in [2.05, 4.69) is 52.2 Å². The molecule has 42 heavy (non-hydrogen) atoms. The Balaban J connectivity index is 1.28. The number of amides is 2. The number of carbonyl (C=O) groups excluding carboxylic acids is 3. The zero-order valence-corrected chi connectivity index (χ0v) is 26.5. The number of aryl methyl sites for hydroxylation is 1. The third kappa shape index (κ3) is 6.50. The lowest BCUT2D eigenvalue weighted by Gasteiger charge is -2.64. The summed E-state index contributed by atoms with van der Waals surface area (Å²) in [7, 11) is -0.533. The minimum Gasteiger partial charge on any atom is -0.404 e. The molecule has 2 bridgehead atoms. The molecule has 2 amide bonds. The molecule has 1 aromatic carbocycles. The van der Waals surface area contributed by atoms with Crippen molar-refractivity contribution >= 4 is 24.7 Å². The smallest absolute Gasteiger partial charge is 0.404 e. The molecule has 4 saturated carbocycles. The Morgan fingerprint density at radius 1 is 1.07 bits per heavy atom. The molecule has 230 valence electrons. The van der Waals surface area contributed by atoms with Gasteiger partial charge in [-0.1, -0.05) is 65.3 Å². The van der Waals surface area contributed by atoms with Crippen LogP contribution in [0, 0.1) is 35.0 Å². The molecular formula is C34H51BN2O5. The summed E-state index contributed by atoms with van der Waals surface area (Å²) in [6, 6.07) is 7.74. The zero-order valence-electron chi connectivity index (χ0n) is 26.5. The molecule has 0 unspecified atom stereocenters. The van der Waals surface area contributed by atoms with Crippen LogP contribution in [-0.4, -0.2) is 48.9 Å². The highest BCUT2D eigenvalue weighted by Crippen LogP contribution is 2.65. The van der Waals surface area contributed by atoms with Crippen molar-refractivity contribution in [3.05, 3.63) is 35.4 Å². The van der Waals surface area contributed by atoms with Crippen LogP contribution in [0.4, 0.5) is 0 Å². The molecule has 1 aliphatic heterocycles. The Bertz CT molecular complexity index is 1150. The summed E-state index contributed by atoms with van der Waals surface area (Å²) in [4.78, 5) is 39.7. The second-order valence-corrected chi connectivity index (χ2v) is 14.7. The molecule has 0 spiro atoms. The minimum absolute atomic E-state index is 0.0275. The standard InChI is InChI=1S/C34H51BN2O5/c1-7-8-9-22-10-12-23(13-11-22)27(38)17-25(20-36-31(39)24-14-15-24)32(40)37-30(16-21(2)3)35-41-29-19-26-18-28(33(26,4)5)34(29,6)42-35/h10-13,21,24-26,28-30H,7-9,14-20H2,1-6H3,(H,36,39)(H,37,40)/t25-,26-,28-,29+,30-,34-/m0/s1. The van der Waals surface area contributed by atoms with Gasteiger partial charge in [0.15, 0.2) is 5.78 Å². The average molecular weight is 579 g/mol. The van der Waals surface area contributed by atoms with Gasteiger partial charge in [-0.2, -0.15) is 0 Å². The lowest BCUT2D eigenvalue weighted by molar-refractivity contribution is -0.199. The molecule has 1 heterocycles. The van der Waals surface area contributed by atoms with Crippen molar-refractivity contribution in [1.29, 1.82) is 0 Å². The summed E-state index contributed by atoms with van der Waals surface area (Å²) >= 11 is 0. The number of hydrogen-bond donors (Lipinski definition) is 2. The van der Waals surface area contributed by atoms with E-state index in [1.165, 1.54) is 12.0 Å². The Morgan fingerprint density at radius 3 is 2.40 bits per heavy atom. The van der Waals surface area contributed by atoms with Crippen LogP contribution in [0.3, 0.4) is 0 Å². The van der Waals surface area contributed by atoms with Crippen LogP contribution in [-0.2, 0) is 25.3 Å². The first-order valence-electron chi connectivity index (χ1n) is 16.5. The average Bonchev–Trinajstić information content (AvgIpc) is 3.73.